The van der Waals surface area contributed by atoms with Crippen LogP contribution in [0.25, 0.3) is 0 Å². The summed E-state index contributed by atoms with van der Waals surface area (Å²) in [5.74, 6) is -0.164. The number of methoxy groups -OCH3 is 1. The van der Waals surface area contributed by atoms with Gasteiger partial charge in [-0.3, -0.25) is 9.69 Å². The molecule has 194 valence electrons. The van der Waals surface area contributed by atoms with Gasteiger partial charge < -0.3 is 23.7 Å². The molecule has 0 aliphatic carbocycles. The number of nitrogens with zero attached hydrogens (tertiary/aromatic N) is 3. The maximum atomic E-state index is 13.1. The number of pyridine rings is 1. The molecule has 3 aliphatic heterocycles. The average molecular weight is 496 g/mol. The summed E-state index contributed by atoms with van der Waals surface area (Å²) in [7, 11) is 1.37. The minimum absolute atomic E-state index is 0.0156. The maximum Gasteiger partial charge on any atom is 0.343 e. The van der Waals surface area contributed by atoms with Crippen molar-refractivity contribution in [3.8, 4) is 5.75 Å². The Hall–Kier alpha value is -2.84. The fourth-order valence-electron chi connectivity index (χ4n) is 5.55. The molecule has 8 heteroatoms. The molecule has 8 nitrogen and oxygen atoms in total. The molecule has 0 bridgehead atoms. The number of carbonyl (C=O) groups is 1. The Labute approximate surface area is 212 Å². The van der Waals surface area contributed by atoms with E-state index in [9.17, 15) is 9.59 Å². The molecule has 2 aromatic rings. The molecule has 0 unspecified atom stereocenters. The molecule has 36 heavy (non-hydrogen) atoms. The number of esters is 1. The largest absolute Gasteiger partial charge is 0.490 e. The molecule has 2 saturated heterocycles. The average Bonchev–Trinajstić information content (AvgIpc) is 3.37. The smallest absolute Gasteiger partial charge is 0.343 e. The van der Waals surface area contributed by atoms with Crippen molar-refractivity contribution in [1.29, 1.82) is 0 Å². The van der Waals surface area contributed by atoms with E-state index in [1.54, 1.807) is 4.57 Å². The number of hydrogen-bond acceptors (Lipinski definition) is 7. The van der Waals surface area contributed by atoms with Crippen molar-refractivity contribution in [2.45, 2.75) is 57.7 Å². The van der Waals surface area contributed by atoms with Crippen LogP contribution in [-0.4, -0.2) is 68.0 Å². The molecule has 1 aromatic heterocycles. The number of carbonyl (C=O) groups excluding carboxylic acids is 1. The summed E-state index contributed by atoms with van der Waals surface area (Å²) in [6.45, 7) is 6.13. The fourth-order valence-corrected chi connectivity index (χ4v) is 5.55. The summed E-state index contributed by atoms with van der Waals surface area (Å²) in [5, 5.41) is 0. The summed E-state index contributed by atoms with van der Waals surface area (Å²) in [5.41, 5.74) is 3.46. The molecule has 5 rings (SSSR count). The fraction of sp³-hybridized carbons (Fsp3) is 0.571. The summed E-state index contributed by atoms with van der Waals surface area (Å²) in [4.78, 5) is 30.7. The van der Waals surface area contributed by atoms with Gasteiger partial charge in [0.25, 0.3) is 5.56 Å². The highest BCUT2D eigenvalue weighted by Crippen LogP contribution is 2.26. The molecule has 0 radical (unpaired) electrons. The summed E-state index contributed by atoms with van der Waals surface area (Å²) in [6, 6.07) is 10.3. The summed E-state index contributed by atoms with van der Waals surface area (Å²) < 4.78 is 18.6. The van der Waals surface area contributed by atoms with Crippen LogP contribution in [-0.2, 0) is 29.0 Å². The quantitative estimate of drug-likeness (QED) is 0.546. The van der Waals surface area contributed by atoms with Crippen LogP contribution < -0.4 is 15.2 Å². The minimum Gasteiger partial charge on any atom is -0.490 e. The highest BCUT2D eigenvalue weighted by atomic mass is 16.5. The number of hydrogen-bond donors (Lipinski definition) is 0. The predicted octanol–water partition coefficient (Wildman–Crippen LogP) is 3.24. The van der Waals surface area contributed by atoms with E-state index in [1.807, 2.05) is 0 Å². The highest BCUT2D eigenvalue weighted by molar-refractivity contribution is 5.93. The van der Waals surface area contributed by atoms with Crippen molar-refractivity contribution in [2.75, 3.05) is 51.4 Å². The monoisotopic (exact) mass is 495 g/mol. The first kappa shape index (κ1) is 24.8. The minimum atomic E-state index is -0.468. The lowest BCUT2D eigenvalue weighted by molar-refractivity contribution is -0.0114. The van der Waals surface area contributed by atoms with Crippen LogP contribution in [0.4, 0.5) is 5.69 Å². The Kier molecular flexibility index (Phi) is 7.92. The Balaban J connectivity index is 1.30. The van der Waals surface area contributed by atoms with Crippen molar-refractivity contribution in [1.82, 2.24) is 9.47 Å². The second-order valence-corrected chi connectivity index (χ2v) is 10.00. The van der Waals surface area contributed by atoms with Crippen molar-refractivity contribution < 1.29 is 19.0 Å². The number of rotatable bonds is 7. The zero-order chi connectivity index (χ0) is 24.9. The number of aromatic nitrogens is 1. The standard InChI is InChI=1S/C28H37N3O5/c1-34-28(33)27-24-11-14-29(19-21-7-9-22(10-8-21)30-12-3-4-13-30)15-16-31(24)26(32)18-25(27)36-20-23-6-2-5-17-35-23/h7-10,18,23H,2-6,11-17,19-20H2,1H3/t23-/m0/s1. The van der Waals surface area contributed by atoms with Gasteiger partial charge in [0.15, 0.2) is 0 Å². The summed E-state index contributed by atoms with van der Waals surface area (Å²) >= 11 is 0. The molecule has 0 amide bonds. The van der Waals surface area contributed by atoms with E-state index in [2.05, 4.69) is 34.1 Å². The molecule has 0 N–H and O–H groups in total. The zero-order valence-corrected chi connectivity index (χ0v) is 21.2. The van der Waals surface area contributed by atoms with Crippen LogP contribution in [0.2, 0.25) is 0 Å². The van der Waals surface area contributed by atoms with Crippen molar-refractivity contribution in [2.24, 2.45) is 0 Å². The van der Waals surface area contributed by atoms with Crippen molar-refractivity contribution in [3.05, 3.63) is 57.5 Å². The Morgan fingerprint density at radius 1 is 1.03 bits per heavy atom. The number of anilines is 1. The van der Waals surface area contributed by atoms with Gasteiger partial charge in [-0.05, 0) is 49.8 Å². The normalized spacial score (nSPS) is 20.6. The van der Waals surface area contributed by atoms with Gasteiger partial charge >= 0.3 is 5.97 Å². The Bertz CT molecular complexity index is 1100. The molecule has 3 aliphatic rings. The van der Waals surface area contributed by atoms with E-state index in [0.29, 0.717) is 36.6 Å². The summed E-state index contributed by atoms with van der Waals surface area (Å²) in [6.07, 6.45) is 6.17. The lowest BCUT2D eigenvalue weighted by Crippen LogP contribution is -2.30. The van der Waals surface area contributed by atoms with E-state index >= 15 is 0 Å². The first-order chi connectivity index (χ1) is 17.6. The van der Waals surface area contributed by atoms with E-state index < -0.39 is 5.97 Å². The van der Waals surface area contributed by atoms with Crippen LogP contribution in [0.1, 0.15) is 53.7 Å². The number of ether oxygens (including phenoxy) is 3. The zero-order valence-electron chi connectivity index (χ0n) is 21.2. The van der Waals surface area contributed by atoms with Gasteiger partial charge in [0.1, 0.15) is 17.9 Å². The lowest BCUT2D eigenvalue weighted by atomic mass is 10.1. The highest BCUT2D eigenvalue weighted by Gasteiger charge is 2.27. The number of benzene rings is 1. The third-order valence-electron chi connectivity index (χ3n) is 7.59. The maximum absolute atomic E-state index is 13.1. The van der Waals surface area contributed by atoms with Crippen LogP contribution in [0, 0.1) is 0 Å². The molecule has 0 spiro atoms. The van der Waals surface area contributed by atoms with Crippen LogP contribution >= 0.6 is 0 Å². The number of fused-ring (bicyclic) bond motifs is 1. The van der Waals surface area contributed by atoms with E-state index in [-0.39, 0.29) is 11.7 Å². The van der Waals surface area contributed by atoms with E-state index in [1.165, 1.54) is 37.3 Å². The van der Waals surface area contributed by atoms with Crippen LogP contribution in [0.5, 0.6) is 5.75 Å². The Morgan fingerprint density at radius 2 is 1.83 bits per heavy atom. The molecule has 4 heterocycles. The predicted molar refractivity (Wildman–Crippen MR) is 138 cm³/mol. The molecule has 0 saturated carbocycles. The third-order valence-corrected chi connectivity index (χ3v) is 7.59. The second kappa shape index (κ2) is 11.5. The van der Waals surface area contributed by atoms with Crippen molar-refractivity contribution >= 4 is 11.7 Å². The van der Waals surface area contributed by atoms with Gasteiger partial charge in [-0.25, -0.2) is 4.79 Å². The first-order valence-corrected chi connectivity index (χ1v) is 13.3. The lowest BCUT2D eigenvalue weighted by Gasteiger charge is -2.24. The van der Waals surface area contributed by atoms with Gasteiger partial charge in [0, 0.05) is 69.7 Å². The van der Waals surface area contributed by atoms with Crippen molar-refractivity contribution in [3.63, 3.8) is 0 Å². The molecular weight excluding hydrogens is 458 g/mol. The molecule has 1 aromatic carbocycles. The SMILES string of the molecule is COC(=O)c1c(OC[C@@H]2CCCCO2)cc(=O)n2c1CCN(Cc1ccc(N3CCCC3)cc1)CC2. The van der Waals surface area contributed by atoms with Gasteiger partial charge in [-0.2, -0.15) is 0 Å². The van der Waals surface area contributed by atoms with Gasteiger partial charge in [-0.15, -0.1) is 0 Å². The van der Waals surface area contributed by atoms with Gasteiger partial charge in [0.05, 0.1) is 13.2 Å². The van der Waals surface area contributed by atoms with Gasteiger partial charge in [0.2, 0.25) is 0 Å². The molecular formula is C28H37N3O5. The topological polar surface area (TPSA) is 73.2 Å². The van der Waals surface area contributed by atoms with Crippen LogP contribution in [0.15, 0.2) is 35.1 Å². The Morgan fingerprint density at radius 3 is 2.56 bits per heavy atom. The first-order valence-electron chi connectivity index (χ1n) is 13.3. The third kappa shape index (κ3) is 5.60. The molecule has 1 atom stereocenters. The van der Waals surface area contributed by atoms with E-state index in [4.69, 9.17) is 14.2 Å². The van der Waals surface area contributed by atoms with Crippen LogP contribution in [0.3, 0.4) is 0 Å². The second-order valence-electron chi connectivity index (χ2n) is 10.00. The van der Waals surface area contributed by atoms with E-state index in [0.717, 1.165) is 58.6 Å². The molecule has 2 fully saturated rings. The van der Waals surface area contributed by atoms with Gasteiger partial charge in [-0.1, -0.05) is 12.1 Å².